The molecular formula is C13H22N4O4. The summed E-state index contributed by atoms with van der Waals surface area (Å²) in [6.45, 7) is 4.94. The van der Waals surface area contributed by atoms with Crippen molar-refractivity contribution in [3.8, 4) is 0 Å². The number of hydrogen-bond donors (Lipinski definition) is 3. The number of aromatic amines is 1. The van der Waals surface area contributed by atoms with Crippen LogP contribution in [0, 0.1) is 0 Å². The minimum atomic E-state index is -0.504. The molecule has 2 rings (SSSR count). The summed E-state index contributed by atoms with van der Waals surface area (Å²) in [6, 6.07) is 0. The first-order valence-electron chi connectivity index (χ1n) is 7.11. The van der Waals surface area contributed by atoms with Gasteiger partial charge in [0.25, 0.3) is 5.56 Å². The second-order valence-corrected chi connectivity index (χ2v) is 5.30. The lowest BCUT2D eigenvalue weighted by atomic mass is 10.2. The van der Waals surface area contributed by atoms with Crippen LogP contribution in [-0.4, -0.2) is 46.6 Å². The van der Waals surface area contributed by atoms with E-state index in [-0.39, 0.29) is 30.3 Å². The average Bonchev–Trinajstić information content (AvgIpc) is 2.42. The number of nitrogens with two attached hydrogens (primary N) is 1. The molecule has 1 aliphatic rings. The molecule has 1 fully saturated rings. The predicted molar refractivity (Wildman–Crippen MR) is 79.7 cm³/mol. The van der Waals surface area contributed by atoms with Crippen molar-refractivity contribution < 1.29 is 9.84 Å². The molecule has 0 bridgehead atoms. The number of nitrogens with one attached hydrogen (secondary N) is 1. The van der Waals surface area contributed by atoms with E-state index in [4.69, 9.17) is 10.5 Å². The number of H-pyrrole nitrogens is 1. The number of hydrogen-bond acceptors (Lipinski definition) is 6. The smallest absolute Gasteiger partial charge is 0.330 e. The first-order valence-corrected chi connectivity index (χ1v) is 7.11. The van der Waals surface area contributed by atoms with Gasteiger partial charge in [-0.2, -0.15) is 0 Å². The maximum absolute atomic E-state index is 12.1. The molecule has 0 radical (unpaired) electrons. The van der Waals surface area contributed by atoms with Gasteiger partial charge in [-0.15, -0.1) is 0 Å². The Kier molecular flexibility index (Phi) is 4.69. The van der Waals surface area contributed by atoms with Gasteiger partial charge in [-0.3, -0.25) is 14.3 Å². The molecule has 2 atom stereocenters. The fourth-order valence-corrected chi connectivity index (χ4v) is 2.66. The van der Waals surface area contributed by atoms with Gasteiger partial charge in [-0.1, -0.05) is 6.92 Å². The van der Waals surface area contributed by atoms with Crippen LogP contribution in [0.25, 0.3) is 0 Å². The SMILES string of the molecule is CCCn1c(N)c(N2CC(C)OC(CO)C2)c(=O)[nH]c1=O. The minimum absolute atomic E-state index is 0.132. The van der Waals surface area contributed by atoms with Crippen LogP contribution in [-0.2, 0) is 11.3 Å². The standard InChI is InChI=1S/C13H22N4O4/c1-3-4-17-11(14)10(12(19)15-13(17)20)16-5-8(2)21-9(6-16)7-18/h8-9,18H,3-7,14H2,1-2H3,(H,15,19,20). The number of aromatic nitrogens is 2. The largest absolute Gasteiger partial charge is 0.394 e. The third kappa shape index (κ3) is 3.11. The molecular weight excluding hydrogens is 276 g/mol. The number of rotatable bonds is 4. The fraction of sp³-hybridized carbons (Fsp3) is 0.692. The maximum atomic E-state index is 12.1. The van der Waals surface area contributed by atoms with Crippen LogP contribution in [0.3, 0.4) is 0 Å². The molecule has 0 aliphatic carbocycles. The van der Waals surface area contributed by atoms with Gasteiger partial charge in [0, 0.05) is 19.6 Å². The van der Waals surface area contributed by atoms with E-state index in [2.05, 4.69) is 4.98 Å². The highest BCUT2D eigenvalue weighted by atomic mass is 16.5. The van der Waals surface area contributed by atoms with Gasteiger partial charge in [0.1, 0.15) is 11.5 Å². The van der Waals surface area contributed by atoms with E-state index in [0.717, 1.165) is 6.42 Å². The normalized spacial score (nSPS) is 22.5. The topological polar surface area (TPSA) is 114 Å². The summed E-state index contributed by atoms with van der Waals surface area (Å²) in [6.07, 6.45) is 0.217. The molecule has 1 aromatic rings. The third-order valence-electron chi connectivity index (χ3n) is 3.51. The summed E-state index contributed by atoms with van der Waals surface area (Å²) in [5, 5.41) is 9.27. The van der Waals surface area contributed by atoms with Gasteiger partial charge in [-0.05, 0) is 13.3 Å². The number of nitrogens with zero attached hydrogens (tertiary/aromatic N) is 2. The zero-order chi connectivity index (χ0) is 15.6. The summed E-state index contributed by atoms with van der Waals surface area (Å²) in [5.41, 5.74) is 5.31. The molecule has 118 valence electrons. The van der Waals surface area contributed by atoms with Crippen LogP contribution in [0.4, 0.5) is 11.5 Å². The maximum Gasteiger partial charge on any atom is 0.330 e. The molecule has 21 heavy (non-hydrogen) atoms. The Morgan fingerprint density at radius 3 is 2.76 bits per heavy atom. The summed E-state index contributed by atoms with van der Waals surface area (Å²) < 4.78 is 6.92. The highest BCUT2D eigenvalue weighted by Crippen LogP contribution is 2.21. The van der Waals surface area contributed by atoms with E-state index >= 15 is 0 Å². The second-order valence-electron chi connectivity index (χ2n) is 5.30. The molecule has 0 amide bonds. The monoisotopic (exact) mass is 298 g/mol. The molecule has 8 heteroatoms. The average molecular weight is 298 g/mol. The lowest BCUT2D eigenvalue weighted by Gasteiger charge is -2.37. The highest BCUT2D eigenvalue weighted by Gasteiger charge is 2.28. The van der Waals surface area contributed by atoms with Crippen molar-refractivity contribution in [2.45, 2.75) is 39.0 Å². The number of morpholine rings is 1. The molecule has 1 aliphatic heterocycles. The second kappa shape index (κ2) is 6.31. The Balaban J connectivity index is 2.45. The predicted octanol–water partition coefficient (Wildman–Crippen LogP) is -0.885. The Hall–Kier alpha value is -1.80. The van der Waals surface area contributed by atoms with Crippen molar-refractivity contribution in [1.29, 1.82) is 0 Å². The number of aliphatic hydroxyl groups excluding tert-OH is 1. The first kappa shape index (κ1) is 15.6. The molecule has 0 aromatic carbocycles. The van der Waals surface area contributed by atoms with E-state index in [0.29, 0.717) is 19.6 Å². The molecule has 1 saturated heterocycles. The van der Waals surface area contributed by atoms with Crippen molar-refractivity contribution in [1.82, 2.24) is 9.55 Å². The quantitative estimate of drug-likeness (QED) is 0.665. The van der Waals surface area contributed by atoms with Crippen LogP contribution in [0.5, 0.6) is 0 Å². The lowest BCUT2D eigenvalue weighted by molar-refractivity contribution is -0.0421. The molecule has 8 nitrogen and oxygen atoms in total. The fourth-order valence-electron chi connectivity index (χ4n) is 2.66. The Morgan fingerprint density at radius 1 is 1.43 bits per heavy atom. The van der Waals surface area contributed by atoms with E-state index < -0.39 is 11.2 Å². The first-order chi connectivity index (χ1) is 9.97. The van der Waals surface area contributed by atoms with E-state index in [1.54, 1.807) is 4.90 Å². The van der Waals surface area contributed by atoms with Crippen molar-refractivity contribution in [2.75, 3.05) is 30.3 Å². The Bertz CT molecular complexity index is 609. The van der Waals surface area contributed by atoms with Crippen LogP contribution in [0.15, 0.2) is 9.59 Å². The summed E-state index contributed by atoms with van der Waals surface area (Å²) in [5.74, 6) is 0.163. The van der Waals surface area contributed by atoms with Crippen LogP contribution in [0.2, 0.25) is 0 Å². The van der Waals surface area contributed by atoms with Gasteiger partial charge in [0.2, 0.25) is 0 Å². The van der Waals surface area contributed by atoms with Gasteiger partial charge in [0.05, 0.1) is 18.8 Å². The van der Waals surface area contributed by atoms with Gasteiger partial charge in [0.15, 0.2) is 0 Å². The lowest BCUT2D eigenvalue weighted by Crippen LogP contribution is -2.50. The van der Waals surface area contributed by atoms with Gasteiger partial charge < -0.3 is 20.5 Å². The van der Waals surface area contributed by atoms with Gasteiger partial charge in [-0.25, -0.2) is 4.79 Å². The molecule has 0 saturated carbocycles. The number of nitrogen functional groups attached to an aromatic ring is 1. The summed E-state index contributed by atoms with van der Waals surface area (Å²) in [7, 11) is 0. The van der Waals surface area contributed by atoms with Crippen molar-refractivity contribution in [3.63, 3.8) is 0 Å². The zero-order valence-corrected chi connectivity index (χ0v) is 12.3. The molecule has 4 N–H and O–H groups in total. The van der Waals surface area contributed by atoms with Crippen molar-refractivity contribution >= 4 is 11.5 Å². The molecule has 1 aromatic heterocycles. The van der Waals surface area contributed by atoms with E-state index in [1.807, 2.05) is 13.8 Å². The van der Waals surface area contributed by atoms with Gasteiger partial charge >= 0.3 is 5.69 Å². The van der Waals surface area contributed by atoms with Crippen LogP contribution < -0.4 is 21.9 Å². The van der Waals surface area contributed by atoms with Crippen molar-refractivity contribution in [3.05, 3.63) is 20.8 Å². The van der Waals surface area contributed by atoms with E-state index in [9.17, 15) is 14.7 Å². The number of anilines is 2. The highest BCUT2D eigenvalue weighted by molar-refractivity contribution is 5.62. The molecule has 0 spiro atoms. The molecule has 2 heterocycles. The van der Waals surface area contributed by atoms with Crippen LogP contribution >= 0.6 is 0 Å². The number of ether oxygens (including phenoxy) is 1. The Morgan fingerprint density at radius 2 is 2.14 bits per heavy atom. The van der Waals surface area contributed by atoms with Crippen molar-refractivity contribution in [2.24, 2.45) is 0 Å². The van der Waals surface area contributed by atoms with E-state index in [1.165, 1.54) is 4.57 Å². The summed E-state index contributed by atoms with van der Waals surface area (Å²) in [4.78, 5) is 28.0. The number of aliphatic hydroxyl groups is 1. The zero-order valence-electron chi connectivity index (χ0n) is 12.3. The van der Waals surface area contributed by atoms with Crippen LogP contribution in [0.1, 0.15) is 20.3 Å². The third-order valence-corrected chi connectivity index (χ3v) is 3.51. The summed E-state index contributed by atoms with van der Waals surface area (Å²) >= 11 is 0. The minimum Gasteiger partial charge on any atom is -0.394 e. The Labute approximate surface area is 122 Å². The molecule has 2 unspecified atom stereocenters.